The Bertz CT molecular complexity index is 555. The van der Waals surface area contributed by atoms with Gasteiger partial charge in [0, 0.05) is 12.0 Å². The van der Waals surface area contributed by atoms with Gasteiger partial charge in [0.25, 0.3) is 0 Å². The Hall–Kier alpha value is -1.06. The molecule has 0 bridgehead atoms. The van der Waals surface area contributed by atoms with E-state index < -0.39 is 0 Å². The van der Waals surface area contributed by atoms with Gasteiger partial charge >= 0.3 is 0 Å². The number of hydrogen-bond acceptors (Lipinski definition) is 1. The van der Waals surface area contributed by atoms with Gasteiger partial charge in [-0.1, -0.05) is 101 Å². The SMILES string of the molecule is CCCCCCCCCCCCCC(=O)N1CC[N+](C)(Cc2ccccc2)CC1.[Cl-]. The topological polar surface area (TPSA) is 20.3 Å². The number of nitrogens with zero attached hydrogens (tertiary/aromatic N) is 2. The first kappa shape index (κ1) is 27.0. The summed E-state index contributed by atoms with van der Waals surface area (Å²) >= 11 is 0. The van der Waals surface area contributed by atoms with Crippen LogP contribution in [0.1, 0.15) is 89.5 Å². The van der Waals surface area contributed by atoms with Gasteiger partial charge in [-0.25, -0.2) is 0 Å². The summed E-state index contributed by atoms with van der Waals surface area (Å²) in [4.78, 5) is 14.7. The summed E-state index contributed by atoms with van der Waals surface area (Å²) in [6, 6.07) is 10.7. The van der Waals surface area contributed by atoms with E-state index in [1.165, 1.54) is 69.8 Å². The van der Waals surface area contributed by atoms with Gasteiger partial charge in [-0.05, 0) is 6.42 Å². The zero-order chi connectivity index (χ0) is 20.8. The highest BCUT2D eigenvalue weighted by atomic mass is 35.5. The van der Waals surface area contributed by atoms with Crippen LogP contribution in [-0.2, 0) is 11.3 Å². The van der Waals surface area contributed by atoms with Crippen LogP contribution in [0.5, 0.6) is 0 Å². The molecule has 0 aliphatic carbocycles. The predicted octanol–water partition coefficient (Wildman–Crippen LogP) is 3.18. The standard InChI is InChI=1S/C26H45N2O.ClH/c1-3-4-5-6-7-8-9-10-11-12-16-19-26(29)27-20-22-28(2,23-21-27)24-25-17-14-13-15-18-25;/h13-15,17-18H,3-12,16,19-24H2,1-2H3;1H/q+1;/p-1. The van der Waals surface area contributed by atoms with E-state index in [0.717, 1.165) is 50.0 Å². The number of unbranched alkanes of at least 4 members (excludes halogenated alkanes) is 10. The summed E-state index contributed by atoms with van der Waals surface area (Å²) in [5.41, 5.74) is 1.40. The van der Waals surface area contributed by atoms with Gasteiger partial charge in [-0.15, -0.1) is 0 Å². The highest BCUT2D eigenvalue weighted by molar-refractivity contribution is 5.76. The van der Waals surface area contributed by atoms with Crippen molar-refractivity contribution in [2.24, 2.45) is 0 Å². The summed E-state index contributed by atoms with van der Waals surface area (Å²) in [6.07, 6.45) is 15.4. The van der Waals surface area contributed by atoms with Crippen LogP contribution in [0.15, 0.2) is 30.3 Å². The van der Waals surface area contributed by atoms with Crippen LogP contribution in [0.2, 0.25) is 0 Å². The highest BCUT2D eigenvalue weighted by Crippen LogP contribution is 2.17. The lowest BCUT2D eigenvalue weighted by Gasteiger charge is -2.42. The van der Waals surface area contributed by atoms with Crippen molar-refractivity contribution in [3.05, 3.63) is 35.9 Å². The number of quaternary nitrogens is 1. The maximum absolute atomic E-state index is 12.5. The Balaban J connectivity index is 0.00000450. The number of hydrogen-bond donors (Lipinski definition) is 0. The van der Waals surface area contributed by atoms with Gasteiger partial charge in [0.15, 0.2) is 0 Å². The first-order valence-electron chi connectivity index (χ1n) is 12.3. The third-order valence-electron chi connectivity index (χ3n) is 6.57. The van der Waals surface area contributed by atoms with Gasteiger partial charge in [-0.3, -0.25) is 4.79 Å². The van der Waals surface area contributed by atoms with Crippen LogP contribution >= 0.6 is 0 Å². The Labute approximate surface area is 192 Å². The zero-order valence-electron chi connectivity index (χ0n) is 19.6. The third kappa shape index (κ3) is 10.8. The second-order valence-electron chi connectivity index (χ2n) is 9.38. The molecule has 0 saturated carbocycles. The largest absolute Gasteiger partial charge is 1.00 e. The quantitative estimate of drug-likeness (QED) is 0.324. The number of piperazine rings is 1. The van der Waals surface area contributed by atoms with Crippen molar-refractivity contribution >= 4 is 5.91 Å². The maximum atomic E-state index is 12.5. The van der Waals surface area contributed by atoms with Crippen LogP contribution in [0, 0.1) is 0 Å². The van der Waals surface area contributed by atoms with Crippen molar-refractivity contribution in [3.63, 3.8) is 0 Å². The minimum Gasteiger partial charge on any atom is -1.00 e. The normalized spacial score (nSPS) is 15.6. The van der Waals surface area contributed by atoms with Crippen LogP contribution in [0.3, 0.4) is 0 Å². The molecule has 2 rings (SSSR count). The molecule has 172 valence electrons. The van der Waals surface area contributed by atoms with E-state index in [-0.39, 0.29) is 12.4 Å². The summed E-state index contributed by atoms with van der Waals surface area (Å²) in [5, 5.41) is 0. The van der Waals surface area contributed by atoms with E-state index >= 15 is 0 Å². The molecule has 1 aromatic carbocycles. The summed E-state index contributed by atoms with van der Waals surface area (Å²) < 4.78 is 1.05. The molecule has 0 aromatic heterocycles. The molecule has 1 fully saturated rings. The van der Waals surface area contributed by atoms with Gasteiger partial charge in [0.05, 0.1) is 33.2 Å². The zero-order valence-corrected chi connectivity index (χ0v) is 20.3. The van der Waals surface area contributed by atoms with E-state index in [9.17, 15) is 4.79 Å². The number of likely N-dealkylation sites (N-methyl/N-ethyl adjacent to an activating group) is 1. The third-order valence-corrected chi connectivity index (χ3v) is 6.57. The van der Waals surface area contributed by atoms with Gasteiger partial charge in [-0.2, -0.15) is 0 Å². The van der Waals surface area contributed by atoms with Gasteiger partial charge in [0.2, 0.25) is 5.91 Å². The fourth-order valence-electron chi connectivity index (χ4n) is 4.48. The molecule has 0 radical (unpaired) electrons. The number of amides is 1. The average molecular weight is 437 g/mol. The van der Waals surface area contributed by atoms with E-state index in [1.807, 2.05) is 0 Å². The highest BCUT2D eigenvalue weighted by Gasteiger charge is 2.30. The average Bonchev–Trinajstić information content (AvgIpc) is 2.73. The van der Waals surface area contributed by atoms with Crippen LogP contribution in [0.4, 0.5) is 0 Å². The van der Waals surface area contributed by atoms with Crippen LogP contribution in [0.25, 0.3) is 0 Å². The van der Waals surface area contributed by atoms with Crippen molar-refractivity contribution in [3.8, 4) is 0 Å². The molecule has 1 amide bonds. The fourth-order valence-corrected chi connectivity index (χ4v) is 4.48. The maximum Gasteiger partial charge on any atom is 0.222 e. The summed E-state index contributed by atoms with van der Waals surface area (Å²) in [5.74, 6) is 0.381. The second-order valence-corrected chi connectivity index (χ2v) is 9.38. The molecule has 0 N–H and O–H groups in total. The number of rotatable bonds is 14. The van der Waals surface area contributed by atoms with E-state index in [1.54, 1.807) is 0 Å². The molecule has 30 heavy (non-hydrogen) atoms. The van der Waals surface area contributed by atoms with Crippen LogP contribution < -0.4 is 12.4 Å². The van der Waals surface area contributed by atoms with Crippen LogP contribution in [-0.4, -0.2) is 48.5 Å². The molecule has 1 aliphatic rings. The molecule has 1 saturated heterocycles. The molecular formula is C26H45ClN2O. The Morgan fingerprint density at radius 2 is 1.33 bits per heavy atom. The van der Waals surface area contributed by atoms with Crippen molar-refractivity contribution in [1.29, 1.82) is 0 Å². The molecule has 4 heteroatoms. The van der Waals surface area contributed by atoms with E-state index in [4.69, 9.17) is 0 Å². The van der Waals surface area contributed by atoms with Crippen molar-refractivity contribution < 1.29 is 21.7 Å². The lowest BCUT2D eigenvalue weighted by molar-refractivity contribution is -0.926. The molecule has 0 atom stereocenters. The Kier molecular flexibility index (Phi) is 14.1. The number of halogens is 1. The minimum absolute atomic E-state index is 0. The smallest absolute Gasteiger partial charge is 0.222 e. The van der Waals surface area contributed by atoms with Crippen molar-refractivity contribution in [1.82, 2.24) is 4.90 Å². The Morgan fingerprint density at radius 1 is 0.833 bits per heavy atom. The predicted molar refractivity (Wildman–Crippen MR) is 124 cm³/mol. The van der Waals surface area contributed by atoms with Crippen molar-refractivity contribution in [2.45, 2.75) is 90.5 Å². The molecule has 1 aliphatic heterocycles. The van der Waals surface area contributed by atoms with E-state index in [0.29, 0.717) is 5.91 Å². The second kappa shape index (κ2) is 15.7. The number of benzene rings is 1. The molecule has 1 aromatic rings. The van der Waals surface area contributed by atoms with Gasteiger partial charge in [0.1, 0.15) is 6.54 Å². The molecule has 1 heterocycles. The minimum atomic E-state index is 0. The number of carbonyl (C=O) groups is 1. The number of carbonyl (C=O) groups excluding carboxylic acids is 1. The molecular weight excluding hydrogens is 392 g/mol. The van der Waals surface area contributed by atoms with Gasteiger partial charge < -0.3 is 21.8 Å². The molecule has 3 nitrogen and oxygen atoms in total. The first-order valence-corrected chi connectivity index (χ1v) is 12.3. The monoisotopic (exact) mass is 436 g/mol. The lowest BCUT2D eigenvalue weighted by atomic mass is 10.0. The Morgan fingerprint density at radius 3 is 1.87 bits per heavy atom. The first-order chi connectivity index (χ1) is 14.1. The summed E-state index contributed by atoms with van der Waals surface area (Å²) in [6.45, 7) is 7.32. The molecule has 0 unspecified atom stereocenters. The summed E-state index contributed by atoms with van der Waals surface area (Å²) in [7, 11) is 2.33. The fraction of sp³-hybridized carbons (Fsp3) is 0.731. The molecule has 0 spiro atoms. The van der Waals surface area contributed by atoms with Crippen molar-refractivity contribution in [2.75, 3.05) is 33.2 Å². The van der Waals surface area contributed by atoms with E-state index in [2.05, 4.69) is 49.2 Å². The lowest BCUT2D eigenvalue weighted by Crippen LogP contribution is -3.00.